The highest BCUT2D eigenvalue weighted by atomic mass is 32.2. The summed E-state index contributed by atoms with van der Waals surface area (Å²) in [4.78, 5) is 21.0. The van der Waals surface area contributed by atoms with Gasteiger partial charge in [-0.25, -0.2) is 23.1 Å². The Balaban J connectivity index is 2.02. The number of aromatic nitrogens is 1. The largest absolute Gasteiger partial charge is 0.271 e. The molecule has 0 saturated heterocycles. The lowest BCUT2D eigenvalue weighted by Gasteiger charge is -2.23. The summed E-state index contributed by atoms with van der Waals surface area (Å²) in [7, 11) is 0. The van der Waals surface area contributed by atoms with Crippen LogP contribution in [0.25, 0.3) is 11.1 Å². The van der Waals surface area contributed by atoms with E-state index in [1.807, 2.05) is 6.26 Å². The quantitative estimate of drug-likeness (QED) is 0.549. The first-order valence-electron chi connectivity index (χ1n) is 8.78. The van der Waals surface area contributed by atoms with Crippen LogP contribution in [0.2, 0.25) is 0 Å². The van der Waals surface area contributed by atoms with Crippen molar-refractivity contribution in [3.05, 3.63) is 82.3 Å². The van der Waals surface area contributed by atoms with Gasteiger partial charge in [0, 0.05) is 17.3 Å². The first kappa shape index (κ1) is 19.4. The summed E-state index contributed by atoms with van der Waals surface area (Å²) in [5.74, 6) is -4.00. The van der Waals surface area contributed by atoms with Crippen LogP contribution >= 0.6 is 11.8 Å². The zero-order valence-electron chi connectivity index (χ0n) is 15.5. The van der Waals surface area contributed by atoms with E-state index in [2.05, 4.69) is 9.98 Å². The second-order valence-corrected chi connectivity index (χ2v) is 7.46. The van der Waals surface area contributed by atoms with Crippen LogP contribution in [0.1, 0.15) is 28.3 Å². The number of nitrogens with zero attached hydrogens (tertiary/aromatic N) is 2. The fourth-order valence-electron chi connectivity index (χ4n) is 3.53. The molecule has 2 heterocycles. The summed E-state index contributed by atoms with van der Waals surface area (Å²) >= 11 is 1.34. The molecule has 2 aromatic carbocycles. The van der Waals surface area contributed by atoms with Crippen LogP contribution in [0.3, 0.4) is 0 Å². The van der Waals surface area contributed by atoms with E-state index in [-0.39, 0.29) is 17.1 Å². The van der Waals surface area contributed by atoms with Crippen molar-refractivity contribution in [3.8, 4) is 11.1 Å². The Labute approximate surface area is 169 Å². The van der Waals surface area contributed by atoms with Crippen molar-refractivity contribution < 1.29 is 18.0 Å². The Morgan fingerprint density at radius 3 is 2.38 bits per heavy atom. The van der Waals surface area contributed by atoms with Crippen LogP contribution in [0, 0.1) is 24.4 Å². The number of halogens is 3. The molecule has 0 bridgehead atoms. The number of fused-ring (bicyclic) bond motifs is 1. The molecule has 3 aromatic rings. The van der Waals surface area contributed by atoms with E-state index in [9.17, 15) is 18.0 Å². The van der Waals surface area contributed by atoms with Crippen molar-refractivity contribution in [2.75, 3.05) is 6.26 Å². The Hall–Kier alpha value is -2.93. The van der Waals surface area contributed by atoms with Gasteiger partial charge in [0.25, 0.3) is 5.91 Å². The molecule has 1 atom stereocenters. The molecular weight excluding hydrogens is 397 g/mol. The van der Waals surface area contributed by atoms with E-state index < -0.39 is 23.5 Å². The zero-order chi connectivity index (χ0) is 20.7. The number of hydrogen-bond acceptors (Lipinski definition) is 3. The Bertz CT molecular complexity index is 1160. The maximum atomic E-state index is 14.5. The molecule has 0 N–H and O–H groups in total. The highest BCUT2D eigenvalue weighted by Gasteiger charge is 2.35. The van der Waals surface area contributed by atoms with E-state index in [0.717, 1.165) is 17.7 Å². The number of rotatable bonds is 3. The molecule has 3 nitrogen and oxygen atoms in total. The van der Waals surface area contributed by atoms with Crippen molar-refractivity contribution >= 4 is 23.9 Å². The molecular formula is C22H15F3N2OS. The number of thioether (sulfide) groups is 1. The number of pyridine rings is 1. The minimum Gasteiger partial charge on any atom is -0.271 e. The lowest BCUT2D eigenvalue weighted by molar-refractivity contribution is -0.118. The maximum Gasteiger partial charge on any atom is 0.259 e. The Kier molecular flexibility index (Phi) is 5.00. The predicted molar refractivity (Wildman–Crippen MR) is 107 cm³/mol. The molecule has 0 saturated carbocycles. The van der Waals surface area contributed by atoms with E-state index in [1.165, 1.54) is 36.2 Å². The molecule has 0 fully saturated rings. The van der Waals surface area contributed by atoms with Crippen LogP contribution in [-0.2, 0) is 4.79 Å². The van der Waals surface area contributed by atoms with E-state index >= 15 is 0 Å². The topological polar surface area (TPSA) is 42.3 Å². The van der Waals surface area contributed by atoms with Crippen molar-refractivity contribution in [2.45, 2.75) is 17.9 Å². The van der Waals surface area contributed by atoms with E-state index in [1.54, 1.807) is 19.1 Å². The molecule has 29 heavy (non-hydrogen) atoms. The molecule has 1 aliphatic rings. The average molecular weight is 412 g/mol. The molecule has 7 heteroatoms. The van der Waals surface area contributed by atoms with E-state index in [4.69, 9.17) is 0 Å². The van der Waals surface area contributed by atoms with Gasteiger partial charge >= 0.3 is 0 Å². The summed E-state index contributed by atoms with van der Waals surface area (Å²) in [5.41, 5.74) is 2.44. The number of hydrogen-bond donors (Lipinski definition) is 0. The van der Waals surface area contributed by atoms with Gasteiger partial charge in [-0.3, -0.25) is 4.79 Å². The monoisotopic (exact) mass is 412 g/mol. The summed E-state index contributed by atoms with van der Waals surface area (Å²) in [6, 6.07) is 9.63. The Morgan fingerprint density at radius 1 is 1.00 bits per heavy atom. The Morgan fingerprint density at radius 2 is 1.72 bits per heavy atom. The van der Waals surface area contributed by atoms with Gasteiger partial charge in [-0.2, -0.15) is 0 Å². The van der Waals surface area contributed by atoms with Crippen LogP contribution < -0.4 is 0 Å². The van der Waals surface area contributed by atoms with Crippen molar-refractivity contribution in [1.29, 1.82) is 0 Å². The summed E-state index contributed by atoms with van der Waals surface area (Å²) < 4.78 is 42.6. The molecule has 1 unspecified atom stereocenters. The van der Waals surface area contributed by atoms with Gasteiger partial charge in [0.2, 0.25) is 0 Å². The first-order chi connectivity index (χ1) is 13.9. The van der Waals surface area contributed by atoms with Gasteiger partial charge in [-0.05, 0) is 60.2 Å². The van der Waals surface area contributed by atoms with Gasteiger partial charge in [-0.15, -0.1) is 11.8 Å². The molecule has 4 rings (SSSR count). The number of aliphatic imine (C=N–C) groups is 1. The van der Waals surface area contributed by atoms with Gasteiger partial charge in [0.1, 0.15) is 23.4 Å². The van der Waals surface area contributed by atoms with Crippen LogP contribution in [0.4, 0.5) is 13.2 Å². The number of aryl methyl sites for hydroxylation is 1. The van der Waals surface area contributed by atoms with Crippen LogP contribution in [-0.4, -0.2) is 23.4 Å². The molecule has 146 valence electrons. The molecule has 0 aliphatic carbocycles. The molecule has 0 radical (unpaired) electrons. The molecule has 1 aliphatic heterocycles. The second-order valence-electron chi connectivity index (χ2n) is 6.64. The summed E-state index contributed by atoms with van der Waals surface area (Å²) in [6.45, 7) is 1.77. The van der Waals surface area contributed by atoms with Gasteiger partial charge in [-0.1, -0.05) is 12.1 Å². The number of carbonyl (C=O) groups excluding carboxylic acids is 1. The average Bonchev–Trinajstić information content (AvgIpc) is 2.68. The van der Waals surface area contributed by atoms with Crippen LogP contribution in [0.15, 0.2) is 52.5 Å². The highest BCUT2D eigenvalue weighted by Crippen LogP contribution is 2.39. The normalized spacial score (nSPS) is 15.5. The molecule has 0 spiro atoms. The SMILES string of the molecule is CSc1cc(-c2ccc(F)cc2C)c2c(n1)C(c1c(F)cccc1F)C(=O)N=C2. The third kappa shape index (κ3) is 3.35. The first-order valence-corrected chi connectivity index (χ1v) is 10.0. The van der Waals surface area contributed by atoms with Crippen molar-refractivity contribution in [1.82, 2.24) is 4.98 Å². The second kappa shape index (κ2) is 7.48. The van der Waals surface area contributed by atoms with Gasteiger partial charge in [0.15, 0.2) is 0 Å². The predicted octanol–water partition coefficient (Wildman–Crippen LogP) is 5.29. The lowest BCUT2D eigenvalue weighted by atomic mass is 9.85. The smallest absolute Gasteiger partial charge is 0.259 e. The fourth-order valence-corrected chi connectivity index (χ4v) is 3.95. The van der Waals surface area contributed by atoms with Crippen molar-refractivity contribution in [3.63, 3.8) is 0 Å². The summed E-state index contributed by atoms with van der Waals surface area (Å²) in [5, 5.41) is 0.576. The minimum absolute atomic E-state index is 0.236. The number of carbonyl (C=O) groups is 1. The highest BCUT2D eigenvalue weighted by molar-refractivity contribution is 7.98. The van der Waals surface area contributed by atoms with Crippen molar-refractivity contribution in [2.24, 2.45) is 4.99 Å². The molecule has 1 aromatic heterocycles. The minimum atomic E-state index is -1.29. The van der Waals surface area contributed by atoms with Gasteiger partial charge < -0.3 is 0 Å². The molecule has 1 amide bonds. The lowest BCUT2D eigenvalue weighted by Crippen LogP contribution is -2.23. The van der Waals surface area contributed by atoms with Gasteiger partial charge in [0.05, 0.1) is 10.7 Å². The number of amides is 1. The summed E-state index contributed by atoms with van der Waals surface area (Å²) in [6.07, 6.45) is 3.18. The third-order valence-corrected chi connectivity index (χ3v) is 5.51. The standard InChI is InChI=1S/C22H15F3N2OS/c1-11-8-12(23)6-7-13(11)14-9-18(29-2)27-21-15(14)10-26-22(28)20(21)19-16(24)4-3-5-17(19)25/h3-10,20H,1-2H3. The van der Waals surface area contributed by atoms with Crippen LogP contribution in [0.5, 0.6) is 0 Å². The maximum absolute atomic E-state index is 14.5. The fraction of sp³-hybridized carbons (Fsp3) is 0.136. The third-order valence-electron chi connectivity index (χ3n) is 4.88. The van der Waals surface area contributed by atoms with E-state index in [0.29, 0.717) is 21.7 Å². The number of benzene rings is 2. The zero-order valence-corrected chi connectivity index (χ0v) is 16.4.